The van der Waals surface area contributed by atoms with Crippen LogP contribution in [0.15, 0.2) is 17.0 Å². The zero-order valence-corrected chi connectivity index (χ0v) is 15.0. The van der Waals surface area contributed by atoms with E-state index in [2.05, 4.69) is 0 Å². The minimum atomic E-state index is -3.51. The second-order valence-electron chi connectivity index (χ2n) is 6.07. The van der Waals surface area contributed by atoms with E-state index in [0.29, 0.717) is 41.0 Å². The van der Waals surface area contributed by atoms with Crippen molar-refractivity contribution < 1.29 is 17.9 Å². The molecule has 0 spiro atoms. The number of aryl methyl sites for hydroxylation is 1. The monoisotopic (exact) mass is 362 g/mol. The number of nitrogens with two attached hydrogens (primary N) is 1. The number of benzene rings is 1. The van der Waals surface area contributed by atoms with E-state index >= 15 is 0 Å². The first-order chi connectivity index (χ1) is 10.4. The third-order valence-electron chi connectivity index (χ3n) is 4.53. The first-order valence-corrected chi connectivity index (χ1v) is 8.99. The maximum absolute atomic E-state index is 12.9. The Morgan fingerprint density at radius 1 is 1.22 bits per heavy atom. The van der Waals surface area contributed by atoms with Crippen LogP contribution in [0.3, 0.4) is 0 Å². The molecule has 23 heavy (non-hydrogen) atoms. The lowest BCUT2D eigenvalue weighted by Crippen LogP contribution is -2.42. The van der Waals surface area contributed by atoms with Crippen molar-refractivity contribution in [1.29, 1.82) is 0 Å². The number of ether oxygens (including phenoxy) is 2. The second kappa shape index (κ2) is 6.84. The number of rotatable bonds is 3. The van der Waals surface area contributed by atoms with Gasteiger partial charge in [-0.1, -0.05) is 0 Å². The van der Waals surface area contributed by atoms with Crippen LogP contribution in [0.2, 0.25) is 0 Å². The highest BCUT2D eigenvalue weighted by Crippen LogP contribution is 2.37. The second-order valence-corrected chi connectivity index (χ2v) is 7.98. The Bertz CT molecular complexity index is 670. The fourth-order valence-corrected chi connectivity index (χ4v) is 4.78. The largest absolute Gasteiger partial charge is 0.454 e. The Balaban J connectivity index is 0.00000192. The molecule has 2 heterocycles. The zero-order chi connectivity index (χ0) is 15.9. The normalized spacial score (nSPS) is 20.1. The molecule has 0 aliphatic carbocycles. The highest BCUT2D eigenvalue weighted by Gasteiger charge is 2.32. The molecule has 130 valence electrons. The summed E-state index contributed by atoms with van der Waals surface area (Å²) in [5, 5.41) is 0. The Kier molecular flexibility index (Phi) is 5.45. The van der Waals surface area contributed by atoms with Gasteiger partial charge in [-0.15, -0.1) is 12.4 Å². The molecule has 1 aromatic carbocycles. The molecule has 0 saturated carbocycles. The SMILES string of the molecule is Cc1cc2c(cc1S(=O)(=O)N1CCC(C(C)N)CC1)OCO2.Cl. The quantitative estimate of drug-likeness (QED) is 0.887. The Morgan fingerprint density at radius 2 is 1.78 bits per heavy atom. The zero-order valence-electron chi connectivity index (χ0n) is 13.3. The number of piperidine rings is 1. The minimum Gasteiger partial charge on any atom is -0.454 e. The van der Waals surface area contributed by atoms with Gasteiger partial charge in [0.15, 0.2) is 11.5 Å². The number of fused-ring (bicyclic) bond motifs is 1. The molecular weight excluding hydrogens is 340 g/mol. The summed E-state index contributed by atoms with van der Waals surface area (Å²) in [5.74, 6) is 1.49. The first kappa shape index (κ1) is 18.3. The van der Waals surface area contributed by atoms with E-state index in [1.54, 1.807) is 23.4 Å². The van der Waals surface area contributed by atoms with E-state index in [9.17, 15) is 8.42 Å². The van der Waals surface area contributed by atoms with Crippen molar-refractivity contribution in [2.24, 2.45) is 11.7 Å². The van der Waals surface area contributed by atoms with Crippen LogP contribution >= 0.6 is 12.4 Å². The fraction of sp³-hybridized carbons (Fsp3) is 0.600. The summed E-state index contributed by atoms with van der Waals surface area (Å²) in [6, 6.07) is 3.41. The average molecular weight is 363 g/mol. The first-order valence-electron chi connectivity index (χ1n) is 7.55. The van der Waals surface area contributed by atoms with Crippen molar-refractivity contribution in [3.05, 3.63) is 17.7 Å². The van der Waals surface area contributed by atoms with Crippen LogP contribution in [0, 0.1) is 12.8 Å². The molecule has 2 aliphatic rings. The van der Waals surface area contributed by atoms with Gasteiger partial charge in [0.2, 0.25) is 16.8 Å². The molecule has 1 unspecified atom stereocenters. The van der Waals surface area contributed by atoms with E-state index in [0.717, 1.165) is 12.8 Å². The summed E-state index contributed by atoms with van der Waals surface area (Å²) in [6.45, 7) is 4.93. The highest BCUT2D eigenvalue weighted by molar-refractivity contribution is 7.89. The third-order valence-corrected chi connectivity index (χ3v) is 6.57. The van der Waals surface area contributed by atoms with Crippen molar-refractivity contribution in [1.82, 2.24) is 4.31 Å². The fourth-order valence-electron chi connectivity index (χ4n) is 3.08. The van der Waals surface area contributed by atoms with E-state index in [-0.39, 0.29) is 25.2 Å². The molecule has 2 aliphatic heterocycles. The average Bonchev–Trinajstić information content (AvgIpc) is 2.93. The van der Waals surface area contributed by atoms with Crippen molar-refractivity contribution >= 4 is 22.4 Å². The molecule has 6 nitrogen and oxygen atoms in total. The van der Waals surface area contributed by atoms with Gasteiger partial charge in [0.05, 0.1) is 4.90 Å². The Hall–Kier alpha value is -1.02. The Labute approximate surface area is 143 Å². The molecule has 1 fully saturated rings. The van der Waals surface area contributed by atoms with Gasteiger partial charge in [0.1, 0.15) is 0 Å². The number of sulfonamides is 1. The summed E-state index contributed by atoms with van der Waals surface area (Å²) < 4.78 is 37.9. The molecule has 2 N–H and O–H groups in total. The molecule has 1 aromatic rings. The number of nitrogens with zero attached hydrogens (tertiary/aromatic N) is 1. The standard InChI is InChI=1S/C15H22N2O4S.ClH/c1-10-7-13-14(21-9-20-13)8-15(10)22(18,19)17-5-3-12(4-6-17)11(2)16;/h7-8,11-12H,3-6,9,16H2,1-2H3;1H. The van der Waals surface area contributed by atoms with E-state index < -0.39 is 10.0 Å². The predicted octanol–water partition coefficient (Wildman–Crippen LogP) is 1.89. The number of hydrogen-bond donors (Lipinski definition) is 1. The third kappa shape index (κ3) is 3.42. The number of hydrogen-bond acceptors (Lipinski definition) is 5. The number of halogens is 1. The summed E-state index contributed by atoms with van der Waals surface area (Å²) in [6.07, 6.45) is 1.61. The van der Waals surface area contributed by atoms with Crippen molar-refractivity contribution in [2.75, 3.05) is 19.9 Å². The van der Waals surface area contributed by atoms with E-state index in [4.69, 9.17) is 15.2 Å². The molecule has 8 heteroatoms. The van der Waals surface area contributed by atoms with Crippen LogP contribution in [-0.2, 0) is 10.0 Å². The van der Waals surface area contributed by atoms with Crippen molar-refractivity contribution in [2.45, 2.75) is 37.6 Å². The lowest BCUT2D eigenvalue weighted by atomic mass is 9.92. The molecule has 0 bridgehead atoms. The molecule has 0 aromatic heterocycles. The molecular formula is C15H23ClN2O4S. The maximum Gasteiger partial charge on any atom is 0.243 e. The molecule has 0 amide bonds. The summed E-state index contributed by atoms with van der Waals surface area (Å²) >= 11 is 0. The maximum atomic E-state index is 12.9. The summed E-state index contributed by atoms with van der Waals surface area (Å²) in [7, 11) is -3.51. The van der Waals surface area contributed by atoms with Gasteiger partial charge in [-0.3, -0.25) is 0 Å². The molecule has 1 saturated heterocycles. The molecule has 0 radical (unpaired) electrons. The van der Waals surface area contributed by atoms with Crippen LogP contribution in [0.4, 0.5) is 0 Å². The summed E-state index contributed by atoms with van der Waals surface area (Å²) in [5.41, 5.74) is 6.60. The highest BCUT2D eigenvalue weighted by atomic mass is 35.5. The lowest BCUT2D eigenvalue weighted by Gasteiger charge is -2.33. The minimum absolute atomic E-state index is 0. The van der Waals surface area contributed by atoms with Crippen LogP contribution < -0.4 is 15.2 Å². The van der Waals surface area contributed by atoms with Crippen LogP contribution in [-0.4, -0.2) is 38.6 Å². The van der Waals surface area contributed by atoms with Gasteiger partial charge in [-0.2, -0.15) is 4.31 Å². The van der Waals surface area contributed by atoms with Crippen molar-refractivity contribution in [3.63, 3.8) is 0 Å². The van der Waals surface area contributed by atoms with Crippen LogP contribution in [0.1, 0.15) is 25.3 Å². The predicted molar refractivity (Wildman–Crippen MR) is 89.7 cm³/mol. The van der Waals surface area contributed by atoms with Gasteiger partial charge in [0, 0.05) is 25.2 Å². The van der Waals surface area contributed by atoms with Gasteiger partial charge in [0.25, 0.3) is 0 Å². The topological polar surface area (TPSA) is 81.9 Å². The Morgan fingerprint density at radius 3 is 2.35 bits per heavy atom. The smallest absolute Gasteiger partial charge is 0.243 e. The van der Waals surface area contributed by atoms with E-state index in [1.807, 2.05) is 6.92 Å². The van der Waals surface area contributed by atoms with Gasteiger partial charge >= 0.3 is 0 Å². The summed E-state index contributed by atoms with van der Waals surface area (Å²) in [4.78, 5) is 0.302. The van der Waals surface area contributed by atoms with Crippen LogP contribution in [0.5, 0.6) is 11.5 Å². The van der Waals surface area contributed by atoms with E-state index in [1.165, 1.54) is 0 Å². The van der Waals surface area contributed by atoms with Crippen LogP contribution in [0.25, 0.3) is 0 Å². The molecule has 3 rings (SSSR count). The van der Waals surface area contributed by atoms with Gasteiger partial charge in [-0.05, 0) is 44.2 Å². The lowest BCUT2D eigenvalue weighted by molar-refractivity contribution is 0.174. The molecule has 1 atom stereocenters. The van der Waals surface area contributed by atoms with Gasteiger partial charge in [-0.25, -0.2) is 8.42 Å². The van der Waals surface area contributed by atoms with Crippen molar-refractivity contribution in [3.8, 4) is 11.5 Å². The van der Waals surface area contributed by atoms with Gasteiger partial charge < -0.3 is 15.2 Å².